The molecule has 6 heteroatoms. The number of nitrogens with zero attached hydrogens (tertiary/aromatic N) is 1. The molecule has 2 N–H and O–H groups in total. The van der Waals surface area contributed by atoms with E-state index in [4.69, 9.17) is 10.5 Å². The highest BCUT2D eigenvalue weighted by molar-refractivity contribution is 5.62. The molecule has 0 unspecified atom stereocenters. The summed E-state index contributed by atoms with van der Waals surface area (Å²) in [7, 11) is 0. The van der Waals surface area contributed by atoms with Gasteiger partial charge in [-0.05, 0) is 30.7 Å². The second-order valence-corrected chi connectivity index (χ2v) is 4.31. The summed E-state index contributed by atoms with van der Waals surface area (Å²) in [5.74, 6) is 0.169. The maximum Gasteiger partial charge on any atom is 0.292 e. The molecule has 0 radical (unpaired) electrons. The normalized spacial score (nSPS) is 10.3. The van der Waals surface area contributed by atoms with Gasteiger partial charge in [0.25, 0.3) is 5.69 Å². The van der Waals surface area contributed by atoms with Gasteiger partial charge >= 0.3 is 0 Å². The molecule has 2 rings (SSSR count). The van der Waals surface area contributed by atoms with E-state index in [0.717, 1.165) is 0 Å². The Morgan fingerprint density at radius 2 is 2.10 bits per heavy atom. The molecule has 0 spiro atoms. The molecule has 0 aromatic heterocycles. The SMILES string of the molecule is Cc1cc(OCc2cccc([N+](=O)[O-])c2N)ccc1F. The van der Waals surface area contributed by atoms with Crippen molar-refractivity contribution in [2.45, 2.75) is 13.5 Å². The first-order valence-corrected chi connectivity index (χ1v) is 5.89. The van der Waals surface area contributed by atoms with Crippen molar-refractivity contribution in [2.75, 3.05) is 5.73 Å². The van der Waals surface area contributed by atoms with Gasteiger partial charge in [0.2, 0.25) is 0 Å². The average molecular weight is 276 g/mol. The smallest absolute Gasteiger partial charge is 0.292 e. The second-order valence-electron chi connectivity index (χ2n) is 4.31. The fraction of sp³-hybridized carbons (Fsp3) is 0.143. The molecule has 0 aliphatic rings. The zero-order valence-electron chi connectivity index (χ0n) is 10.8. The van der Waals surface area contributed by atoms with Crippen LogP contribution in [0, 0.1) is 22.9 Å². The van der Waals surface area contributed by atoms with E-state index in [2.05, 4.69) is 0 Å². The molecule has 5 nitrogen and oxygen atoms in total. The molecular weight excluding hydrogens is 263 g/mol. The highest BCUT2D eigenvalue weighted by atomic mass is 19.1. The summed E-state index contributed by atoms with van der Waals surface area (Å²) in [6.45, 7) is 1.71. The molecule has 0 bridgehead atoms. The lowest BCUT2D eigenvalue weighted by molar-refractivity contribution is -0.384. The van der Waals surface area contributed by atoms with Crippen LogP contribution in [0.1, 0.15) is 11.1 Å². The largest absolute Gasteiger partial charge is 0.489 e. The van der Waals surface area contributed by atoms with E-state index < -0.39 is 4.92 Å². The summed E-state index contributed by atoms with van der Waals surface area (Å²) in [6.07, 6.45) is 0. The topological polar surface area (TPSA) is 78.4 Å². The lowest BCUT2D eigenvalue weighted by Crippen LogP contribution is -2.03. The average Bonchev–Trinajstić information content (AvgIpc) is 2.41. The number of nitro benzene ring substituents is 1. The van der Waals surface area contributed by atoms with Gasteiger partial charge in [-0.25, -0.2) is 4.39 Å². The number of halogens is 1. The number of rotatable bonds is 4. The number of benzene rings is 2. The van der Waals surface area contributed by atoms with Crippen molar-refractivity contribution in [3.05, 3.63) is 63.5 Å². The molecule has 2 aromatic carbocycles. The Morgan fingerprint density at radius 1 is 1.35 bits per heavy atom. The van der Waals surface area contributed by atoms with Crippen LogP contribution in [0.15, 0.2) is 36.4 Å². The summed E-state index contributed by atoms with van der Waals surface area (Å²) in [5.41, 5.74) is 6.63. The number of ether oxygens (including phenoxy) is 1. The summed E-state index contributed by atoms with van der Waals surface area (Å²) in [6, 6.07) is 8.89. The van der Waals surface area contributed by atoms with E-state index in [0.29, 0.717) is 16.9 Å². The third kappa shape index (κ3) is 2.85. The van der Waals surface area contributed by atoms with Gasteiger partial charge in [-0.15, -0.1) is 0 Å². The zero-order chi connectivity index (χ0) is 14.7. The summed E-state index contributed by atoms with van der Waals surface area (Å²) in [5, 5.41) is 10.8. The Kier molecular flexibility index (Phi) is 3.84. The minimum atomic E-state index is -0.541. The maximum absolute atomic E-state index is 13.1. The predicted molar refractivity (Wildman–Crippen MR) is 73.0 cm³/mol. The van der Waals surface area contributed by atoms with E-state index in [1.54, 1.807) is 25.1 Å². The van der Waals surface area contributed by atoms with Crippen LogP contribution < -0.4 is 10.5 Å². The van der Waals surface area contributed by atoms with E-state index >= 15 is 0 Å². The molecule has 0 amide bonds. The molecule has 0 atom stereocenters. The number of hydrogen-bond acceptors (Lipinski definition) is 4. The van der Waals surface area contributed by atoms with Crippen molar-refractivity contribution in [3.63, 3.8) is 0 Å². The van der Waals surface area contributed by atoms with E-state index in [9.17, 15) is 14.5 Å². The Bertz CT molecular complexity index is 659. The first kappa shape index (κ1) is 13.8. The predicted octanol–water partition coefficient (Wildman–Crippen LogP) is 3.20. The van der Waals surface area contributed by atoms with Crippen LogP contribution in [-0.2, 0) is 6.61 Å². The molecule has 0 aliphatic heterocycles. The van der Waals surface area contributed by atoms with E-state index in [-0.39, 0.29) is 23.8 Å². The first-order chi connectivity index (χ1) is 9.49. The number of nitrogens with two attached hydrogens (primary N) is 1. The van der Waals surface area contributed by atoms with Gasteiger partial charge in [-0.3, -0.25) is 10.1 Å². The number of para-hydroxylation sites is 1. The van der Waals surface area contributed by atoms with Crippen LogP contribution in [0.2, 0.25) is 0 Å². The number of aryl methyl sites for hydroxylation is 1. The molecule has 0 aliphatic carbocycles. The molecule has 0 saturated carbocycles. The zero-order valence-corrected chi connectivity index (χ0v) is 10.8. The monoisotopic (exact) mass is 276 g/mol. The Morgan fingerprint density at radius 3 is 2.75 bits per heavy atom. The number of anilines is 1. The van der Waals surface area contributed by atoms with Crippen LogP contribution in [0.25, 0.3) is 0 Å². The number of hydrogen-bond donors (Lipinski definition) is 1. The summed E-state index contributed by atoms with van der Waals surface area (Å²) >= 11 is 0. The third-order valence-electron chi connectivity index (χ3n) is 2.89. The first-order valence-electron chi connectivity index (χ1n) is 5.89. The van der Waals surface area contributed by atoms with Crippen molar-refractivity contribution < 1.29 is 14.1 Å². The third-order valence-corrected chi connectivity index (χ3v) is 2.89. The molecule has 0 heterocycles. The Balaban J connectivity index is 2.17. The fourth-order valence-electron chi connectivity index (χ4n) is 1.75. The fourth-order valence-corrected chi connectivity index (χ4v) is 1.75. The van der Waals surface area contributed by atoms with Crippen molar-refractivity contribution in [1.29, 1.82) is 0 Å². The molecule has 20 heavy (non-hydrogen) atoms. The van der Waals surface area contributed by atoms with Crippen molar-refractivity contribution in [2.24, 2.45) is 0 Å². The number of nitrogen functional groups attached to an aromatic ring is 1. The summed E-state index contributed by atoms with van der Waals surface area (Å²) in [4.78, 5) is 10.2. The minimum absolute atomic E-state index is 0.0799. The number of nitro groups is 1. The maximum atomic E-state index is 13.1. The van der Waals surface area contributed by atoms with Crippen LogP contribution in [-0.4, -0.2) is 4.92 Å². The van der Waals surface area contributed by atoms with Gasteiger partial charge in [0, 0.05) is 11.6 Å². The Labute approximate surface area is 114 Å². The summed E-state index contributed by atoms with van der Waals surface area (Å²) < 4.78 is 18.6. The van der Waals surface area contributed by atoms with Crippen LogP contribution in [0.5, 0.6) is 5.75 Å². The van der Waals surface area contributed by atoms with E-state index in [1.807, 2.05) is 0 Å². The van der Waals surface area contributed by atoms with Crippen LogP contribution >= 0.6 is 0 Å². The molecule has 104 valence electrons. The minimum Gasteiger partial charge on any atom is -0.489 e. The molecular formula is C14H13FN2O3. The highest BCUT2D eigenvalue weighted by Crippen LogP contribution is 2.26. The van der Waals surface area contributed by atoms with Gasteiger partial charge in [0.1, 0.15) is 23.9 Å². The van der Waals surface area contributed by atoms with Crippen molar-refractivity contribution in [3.8, 4) is 5.75 Å². The van der Waals surface area contributed by atoms with Gasteiger partial charge < -0.3 is 10.5 Å². The molecule has 0 fully saturated rings. The lowest BCUT2D eigenvalue weighted by Gasteiger charge is -2.09. The Hall–Kier alpha value is -2.63. The lowest BCUT2D eigenvalue weighted by atomic mass is 10.1. The standard InChI is InChI=1S/C14H13FN2O3/c1-9-7-11(5-6-12(9)15)20-8-10-3-2-4-13(14(10)16)17(18)19/h2-7H,8,16H2,1H3. The quantitative estimate of drug-likeness (QED) is 0.528. The second kappa shape index (κ2) is 5.56. The molecule has 2 aromatic rings. The van der Waals surface area contributed by atoms with Crippen LogP contribution in [0.3, 0.4) is 0 Å². The van der Waals surface area contributed by atoms with Gasteiger partial charge in [0.15, 0.2) is 0 Å². The van der Waals surface area contributed by atoms with Gasteiger partial charge in [0.05, 0.1) is 4.92 Å². The van der Waals surface area contributed by atoms with Gasteiger partial charge in [-0.1, -0.05) is 12.1 Å². The molecule has 0 saturated heterocycles. The highest BCUT2D eigenvalue weighted by Gasteiger charge is 2.14. The van der Waals surface area contributed by atoms with Crippen molar-refractivity contribution >= 4 is 11.4 Å². The van der Waals surface area contributed by atoms with E-state index in [1.165, 1.54) is 18.2 Å². The van der Waals surface area contributed by atoms with Crippen LogP contribution in [0.4, 0.5) is 15.8 Å². The van der Waals surface area contributed by atoms with Crippen molar-refractivity contribution in [1.82, 2.24) is 0 Å². The van der Waals surface area contributed by atoms with Gasteiger partial charge in [-0.2, -0.15) is 0 Å².